The average molecular weight is 321 g/mol. The molecule has 0 spiro atoms. The lowest BCUT2D eigenvalue weighted by molar-refractivity contribution is 0.0650. The molecule has 1 atom stereocenters. The van der Waals surface area contributed by atoms with Crippen molar-refractivity contribution in [2.24, 2.45) is 0 Å². The smallest absolute Gasteiger partial charge is 0.272 e. The van der Waals surface area contributed by atoms with E-state index in [0.717, 1.165) is 12.8 Å². The second kappa shape index (κ2) is 7.71. The van der Waals surface area contributed by atoms with Gasteiger partial charge in [0.15, 0.2) is 0 Å². The van der Waals surface area contributed by atoms with E-state index >= 15 is 0 Å². The average Bonchev–Trinajstić information content (AvgIpc) is 3.17. The summed E-state index contributed by atoms with van der Waals surface area (Å²) in [7, 11) is 0. The summed E-state index contributed by atoms with van der Waals surface area (Å²) in [6.45, 7) is 1.87. The molecule has 2 heterocycles. The fourth-order valence-electron chi connectivity index (χ4n) is 2.85. The van der Waals surface area contributed by atoms with Crippen molar-refractivity contribution in [3.05, 3.63) is 65.5 Å². The summed E-state index contributed by atoms with van der Waals surface area (Å²) in [5.74, 6) is -0.106. The lowest BCUT2D eigenvalue weighted by Crippen LogP contribution is -2.42. The maximum atomic E-state index is 12.9. The molecule has 122 valence electrons. The molecule has 2 aromatic rings. The Kier molecular flexibility index (Phi) is 5.19. The molecule has 1 saturated heterocycles. The van der Waals surface area contributed by atoms with Gasteiger partial charge >= 0.3 is 0 Å². The molecule has 5 nitrogen and oxygen atoms in total. The molecule has 24 heavy (non-hydrogen) atoms. The van der Waals surface area contributed by atoms with E-state index in [9.17, 15) is 4.79 Å². The van der Waals surface area contributed by atoms with Gasteiger partial charge in [-0.05, 0) is 30.5 Å². The highest BCUT2D eigenvalue weighted by molar-refractivity contribution is 5.92. The summed E-state index contributed by atoms with van der Waals surface area (Å²) < 4.78 is 5.46. The van der Waals surface area contributed by atoms with Gasteiger partial charge in [-0.2, -0.15) is 5.26 Å². The Balaban J connectivity index is 1.75. The Morgan fingerprint density at radius 3 is 2.75 bits per heavy atom. The highest BCUT2D eigenvalue weighted by atomic mass is 16.5. The van der Waals surface area contributed by atoms with Crippen LogP contribution in [0.4, 0.5) is 0 Å². The largest absolute Gasteiger partial charge is 0.379 e. The van der Waals surface area contributed by atoms with Gasteiger partial charge in [-0.15, -0.1) is 0 Å². The first-order valence-corrected chi connectivity index (χ1v) is 8.07. The predicted molar refractivity (Wildman–Crippen MR) is 89.4 cm³/mol. The van der Waals surface area contributed by atoms with E-state index in [2.05, 4.69) is 17.1 Å². The molecule has 0 unspecified atom stereocenters. The first-order valence-electron chi connectivity index (χ1n) is 8.07. The van der Waals surface area contributed by atoms with Crippen LogP contribution in [0.3, 0.4) is 0 Å². The molecular formula is C19H19N3O2. The van der Waals surface area contributed by atoms with Gasteiger partial charge in [-0.1, -0.05) is 30.3 Å². The topological polar surface area (TPSA) is 66.2 Å². The third-order valence-corrected chi connectivity index (χ3v) is 4.20. The number of carbonyl (C=O) groups is 1. The number of rotatable bonds is 5. The number of nitriles is 1. The first kappa shape index (κ1) is 16.2. The number of hydrogen-bond donors (Lipinski definition) is 0. The Hall–Kier alpha value is -2.71. The van der Waals surface area contributed by atoms with Crippen LogP contribution >= 0.6 is 0 Å². The summed E-state index contributed by atoms with van der Waals surface area (Å²) >= 11 is 0. The van der Waals surface area contributed by atoms with E-state index < -0.39 is 0 Å². The zero-order chi connectivity index (χ0) is 16.8. The third-order valence-electron chi connectivity index (χ3n) is 4.20. The second-order valence-corrected chi connectivity index (χ2v) is 5.80. The fourth-order valence-corrected chi connectivity index (χ4v) is 2.85. The van der Waals surface area contributed by atoms with Crippen molar-refractivity contribution < 1.29 is 9.53 Å². The number of benzene rings is 1. The van der Waals surface area contributed by atoms with Gasteiger partial charge in [0.1, 0.15) is 11.8 Å². The number of ether oxygens (including phenoxy) is 1. The summed E-state index contributed by atoms with van der Waals surface area (Å²) in [5, 5.41) is 8.86. The van der Waals surface area contributed by atoms with Gasteiger partial charge in [0, 0.05) is 19.3 Å². The molecule has 5 heteroatoms. The van der Waals surface area contributed by atoms with E-state index in [1.54, 1.807) is 12.1 Å². The van der Waals surface area contributed by atoms with Crippen LogP contribution in [0.25, 0.3) is 0 Å². The molecule has 3 rings (SSSR count). The van der Waals surface area contributed by atoms with Crippen molar-refractivity contribution >= 4 is 5.91 Å². The number of hydrogen-bond acceptors (Lipinski definition) is 4. The highest BCUT2D eigenvalue weighted by Crippen LogP contribution is 2.16. The van der Waals surface area contributed by atoms with Crippen LogP contribution in [-0.4, -0.2) is 41.6 Å². The molecule has 1 amide bonds. The predicted octanol–water partition coefficient (Wildman–Crippen LogP) is 2.43. The summed E-state index contributed by atoms with van der Waals surface area (Å²) in [5.41, 5.74) is 2.02. The van der Waals surface area contributed by atoms with Gasteiger partial charge in [0.05, 0.1) is 18.2 Å². The summed E-state index contributed by atoms with van der Waals surface area (Å²) in [6, 6.07) is 15.5. The van der Waals surface area contributed by atoms with Crippen molar-refractivity contribution in [1.82, 2.24) is 9.88 Å². The van der Waals surface area contributed by atoms with E-state index in [1.165, 1.54) is 11.8 Å². The number of amides is 1. The minimum absolute atomic E-state index is 0.0821. The van der Waals surface area contributed by atoms with E-state index in [-0.39, 0.29) is 11.9 Å². The van der Waals surface area contributed by atoms with Crippen molar-refractivity contribution in [2.75, 3.05) is 19.8 Å². The molecule has 0 radical (unpaired) electrons. The van der Waals surface area contributed by atoms with Gasteiger partial charge in [0.2, 0.25) is 0 Å². The molecular weight excluding hydrogens is 302 g/mol. The Morgan fingerprint density at radius 1 is 1.29 bits per heavy atom. The molecule has 1 aliphatic rings. The number of aromatic nitrogens is 1. The molecule has 0 saturated carbocycles. The lowest BCUT2D eigenvalue weighted by atomic mass is 10.1. The van der Waals surface area contributed by atoms with Gasteiger partial charge < -0.3 is 9.64 Å². The van der Waals surface area contributed by atoms with Gasteiger partial charge in [-0.3, -0.25) is 4.79 Å². The molecule has 1 fully saturated rings. The zero-order valence-corrected chi connectivity index (χ0v) is 13.4. The van der Waals surface area contributed by atoms with Crippen LogP contribution in [0.15, 0.2) is 48.7 Å². The molecule has 1 aliphatic heterocycles. The summed E-state index contributed by atoms with van der Waals surface area (Å²) in [6.07, 6.45) is 3.07. The van der Waals surface area contributed by atoms with Crippen molar-refractivity contribution in [3.8, 4) is 6.07 Å². The maximum Gasteiger partial charge on any atom is 0.272 e. The number of pyridine rings is 1. The molecule has 1 aromatic carbocycles. The Morgan fingerprint density at radius 2 is 2.12 bits per heavy atom. The Bertz CT molecular complexity index is 717. The number of nitrogens with zero attached hydrogens (tertiary/aromatic N) is 3. The van der Waals surface area contributed by atoms with Gasteiger partial charge in [0.25, 0.3) is 5.91 Å². The third kappa shape index (κ3) is 3.79. The molecule has 0 N–H and O–H groups in total. The minimum Gasteiger partial charge on any atom is -0.379 e. The van der Waals surface area contributed by atoms with Crippen LogP contribution in [0.5, 0.6) is 0 Å². The molecule has 0 bridgehead atoms. The van der Waals surface area contributed by atoms with Crippen LogP contribution in [0.2, 0.25) is 0 Å². The van der Waals surface area contributed by atoms with Crippen molar-refractivity contribution in [2.45, 2.75) is 18.9 Å². The second-order valence-electron chi connectivity index (χ2n) is 5.80. The van der Waals surface area contributed by atoms with Crippen LogP contribution in [-0.2, 0) is 11.2 Å². The van der Waals surface area contributed by atoms with Crippen LogP contribution in [0.1, 0.15) is 28.0 Å². The van der Waals surface area contributed by atoms with E-state index in [4.69, 9.17) is 10.00 Å². The van der Waals surface area contributed by atoms with E-state index in [1.807, 2.05) is 29.2 Å². The quantitative estimate of drug-likeness (QED) is 0.848. The van der Waals surface area contributed by atoms with Crippen LogP contribution in [0, 0.1) is 11.3 Å². The fraction of sp³-hybridized carbons (Fsp3) is 0.316. The monoisotopic (exact) mass is 321 g/mol. The SMILES string of the molecule is N#Cc1ccc(C(=O)N(CCc2ccccc2)[C@H]2CCOC2)nc1. The maximum absolute atomic E-state index is 12.9. The zero-order valence-electron chi connectivity index (χ0n) is 13.4. The van der Waals surface area contributed by atoms with Crippen molar-refractivity contribution in [1.29, 1.82) is 5.26 Å². The Labute approximate surface area is 141 Å². The number of carbonyl (C=O) groups excluding carboxylic acids is 1. The van der Waals surface area contributed by atoms with Crippen LogP contribution < -0.4 is 0 Å². The minimum atomic E-state index is -0.106. The van der Waals surface area contributed by atoms with Crippen molar-refractivity contribution in [3.63, 3.8) is 0 Å². The standard InChI is InChI=1S/C19H19N3O2/c20-12-16-6-7-18(21-13-16)19(23)22(17-9-11-24-14-17)10-8-15-4-2-1-3-5-15/h1-7,13,17H,8-11,14H2/t17-/m0/s1. The highest BCUT2D eigenvalue weighted by Gasteiger charge is 2.28. The molecule has 0 aliphatic carbocycles. The molecule has 1 aromatic heterocycles. The van der Waals surface area contributed by atoms with E-state index in [0.29, 0.717) is 31.0 Å². The summed E-state index contributed by atoms with van der Waals surface area (Å²) in [4.78, 5) is 18.9. The first-order chi connectivity index (χ1) is 11.8. The van der Waals surface area contributed by atoms with Gasteiger partial charge in [-0.25, -0.2) is 4.98 Å². The lowest BCUT2D eigenvalue weighted by Gasteiger charge is -2.28. The normalized spacial score (nSPS) is 16.5.